The number of carboxylic acid groups (broad SMARTS) is 1. The zero-order valence-corrected chi connectivity index (χ0v) is 18.5. The van der Waals surface area contributed by atoms with Gasteiger partial charge in [0.1, 0.15) is 4.88 Å². The molecule has 0 bridgehead atoms. The SMILES string of the molecule is O=C(Nc1cc(NC(=O)c2sc3ccccc3c2Cl)ccc1C(=O)O)c1ccc(Cl)cc1. The molecule has 6 nitrogen and oxygen atoms in total. The lowest BCUT2D eigenvalue weighted by atomic mass is 10.1. The van der Waals surface area contributed by atoms with Crippen molar-refractivity contribution >= 4 is 73.8 Å². The zero-order chi connectivity index (χ0) is 22.8. The maximum atomic E-state index is 12.8. The number of aromatic carboxylic acids is 1. The number of thiophene rings is 1. The van der Waals surface area contributed by atoms with E-state index in [4.69, 9.17) is 23.2 Å². The molecule has 2 amide bonds. The van der Waals surface area contributed by atoms with Crippen LogP contribution in [-0.4, -0.2) is 22.9 Å². The topological polar surface area (TPSA) is 95.5 Å². The van der Waals surface area contributed by atoms with Crippen LogP contribution in [0.5, 0.6) is 0 Å². The molecule has 9 heteroatoms. The summed E-state index contributed by atoms with van der Waals surface area (Å²) in [5, 5.41) is 16.4. The average Bonchev–Trinajstić information content (AvgIpc) is 3.11. The molecule has 0 saturated carbocycles. The van der Waals surface area contributed by atoms with Crippen molar-refractivity contribution in [3.8, 4) is 0 Å². The fourth-order valence-corrected chi connectivity index (χ4v) is 4.59. The lowest BCUT2D eigenvalue weighted by molar-refractivity contribution is 0.0698. The van der Waals surface area contributed by atoms with E-state index in [0.717, 1.165) is 10.1 Å². The van der Waals surface area contributed by atoms with Crippen LogP contribution in [0, 0.1) is 0 Å². The molecule has 4 rings (SSSR count). The van der Waals surface area contributed by atoms with Crippen LogP contribution >= 0.6 is 34.5 Å². The summed E-state index contributed by atoms with van der Waals surface area (Å²) in [6.07, 6.45) is 0. The number of hydrogen-bond acceptors (Lipinski definition) is 4. The number of hydrogen-bond donors (Lipinski definition) is 3. The third kappa shape index (κ3) is 4.45. The summed E-state index contributed by atoms with van der Waals surface area (Å²) < 4.78 is 0.875. The molecule has 0 atom stereocenters. The standard InChI is InChI=1S/C23H14Cl2N2O4S/c24-13-7-5-12(6-8-13)21(28)27-17-11-14(9-10-15(17)23(30)31)26-22(29)20-19(25)16-3-1-2-4-18(16)32-20/h1-11H,(H,26,29)(H,27,28)(H,30,31). The zero-order valence-electron chi connectivity index (χ0n) is 16.2. The second kappa shape index (κ2) is 9.00. The molecule has 4 aromatic rings. The van der Waals surface area contributed by atoms with E-state index in [1.165, 1.54) is 41.7 Å². The predicted molar refractivity (Wildman–Crippen MR) is 128 cm³/mol. The molecular formula is C23H14Cl2N2O4S. The molecule has 0 spiro atoms. The first-order valence-electron chi connectivity index (χ1n) is 9.26. The van der Waals surface area contributed by atoms with E-state index in [1.807, 2.05) is 24.3 Å². The van der Waals surface area contributed by atoms with Crippen LogP contribution in [0.15, 0.2) is 66.7 Å². The highest BCUT2D eigenvalue weighted by Gasteiger charge is 2.19. The third-order valence-electron chi connectivity index (χ3n) is 4.60. The number of amides is 2. The molecule has 0 aliphatic heterocycles. The van der Waals surface area contributed by atoms with Crippen LogP contribution in [0.4, 0.5) is 11.4 Å². The minimum atomic E-state index is -1.22. The summed E-state index contributed by atoms with van der Waals surface area (Å²) >= 11 is 13.5. The molecule has 0 radical (unpaired) electrons. The van der Waals surface area contributed by atoms with Gasteiger partial charge in [-0.15, -0.1) is 11.3 Å². The van der Waals surface area contributed by atoms with Gasteiger partial charge in [0.05, 0.1) is 16.3 Å². The Balaban J connectivity index is 1.61. The molecular weight excluding hydrogens is 471 g/mol. The lowest BCUT2D eigenvalue weighted by Gasteiger charge is -2.12. The molecule has 0 aliphatic rings. The number of nitrogens with one attached hydrogen (secondary N) is 2. The highest BCUT2D eigenvalue weighted by atomic mass is 35.5. The first-order valence-corrected chi connectivity index (χ1v) is 10.8. The summed E-state index contributed by atoms with van der Waals surface area (Å²) in [5.74, 6) is -2.17. The molecule has 32 heavy (non-hydrogen) atoms. The monoisotopic (exact) mass is 484 g/mol. The van der Waals surface area contributed by atoms with Gasteiger partial charge in [0.25, 0.3) is 11.8 Å². The van der Waals surface area contributed by atoms with Gasteiger partial charge >= 0.3 is 5.97 Å². The number of rotatable bonds is 5. The Morgan fingerprint density at radius 3 is 2.25 bits per heavy atom. The van der Waals surface area contributed by atoms with Crippen LogP contribution < -0.4 is 10.6 Å². The van der Waals surface area contributed by atoms with Crippen molar-refractivity contribution in [3.05, 3.63) is 92.8 Å². The summed E-state index contributed by atoms with van der Waals surface area (Å²) in [6.45, 7) is 0. The van der Waals surface area contributed by atoms with Crippen molar-refractivity contribution in [3.63, 3.8) is 0 Å². The lowest BCUT2D eigenvalue weighted by Crippen LogP contribution is -2.16. The van der Waals surface area contributed by atoms with Crippen molar-refractivity contribution in [1.29, 1.82) is 0 Å². The maximum Gasteiger partial charge on any atom is 0.337 e. The molecule has 3 N–H and O–H groups in total. The van der Waals surface area contributed by atoms with E-state index in [-0.39, 0.29) is 11.3 Å². The van der Waals surface area contributed by atoms with Crippen molar-refractivity contribution in [2.75, 3.05) is 10.6 Å². The number of anilines is 2. The molecule has 0 fully saturated rings. The first-order chi connectivity index (χ1) is 15.3. The van der Waals surface area contributed by atoms with Crippen LogP contribution in [0.25, 0.3) is 10.1 Å². The number of carbonyl (C=O) groups excluding carboxylic acids is 2. The second-order valence-electron chi connectivity index (χ2n) is 6.72. The molecule has 0 saturated heterocycles. The Hall–Kier alpha value is -3.39. The van der Waals surface area contributed by atoms with Crippen LogP contribution in [-0.2, 0) is 0 Å². The average molecular weight is 485 g/mol. The highest BCUT2D eigenvalue weighted by Crippen LogP contribution is 2.35. The quantitative estimate of drug-likeness (QED) is 0.304. The van der Waals surface area contributed by atoms with Crippen LogP contribution in [0.3, 0.4) is 0 Å². The molecule has 0 aliphatic carbocycles. The summed E-state index contributed by atoms with van der Waals surface area (Å²) in [5.41, 5.74) is 0.528. The van der Waals surface area contributed by atoms with Crippen molar-refractivity contribution in [2.45, 2.75) is 0 Å². The largest absolute Gasteiger partial charge is 0.478 e. The van der Waals surface area contributed by atoms with E-state index in [0.29, 0.717) is 26.2 Å². The fraction of sp³-hybridized carbons (Fsp3) is 0. The maximum absolute atomic E-state index is 12.8. The van der Waals surface area contributed by atoms with E-state index in [1.54, 1.807) is 12.1 Å². The van der Waals surface area contributed by atoms with E-state index >= 15 is 0 Å². The third-order valence-corrected chi connectivity index (χ3v) is 6.53. The fourth-order valence-electron chi connectivity index (χ4n) is 3.06. The Morgan fingerprint density at radius 1 is 0.844 bits per heavy atom. The van der Waals surface area contributed by atoms with Crippen molar-refractivity contribution < 1.29 is 19.5 Å². The van der Waals surface area contributed by atoms with Gasteiger partial charge in [-0.05, 0) is 48.5 Å². The molecule has 1 heterocycles. The molecule has 0 unspecified atom stereocenters. The Kier molecular flexibility index (Phi) is 6.14. The summed E-state index contributed by atoms with van der Waals surface area (Å²) in [6, 6.07) is 17.7. The summed E-state index contributed by atoms with van der Waals surface area (Å²) in [4.78, 5) is 37.3. The van der Waals surface area contributed by atoms with E-state index in [2.05, 4.69) is 10.6 Å². The van der Waals surface area contributed by atoms with Gasteiger partial charge in [0.15, 0.2) is 0 Å². The number of halogens is 2. The number of fused-ring (bicyclic) bond motifs is 1. The van der Waals surface area contributed by atoms with Gasteiger partial charge in [0.2, 0.25) is 0 Å². The van der Waals surface area contributed by atoms with Gasteiger partial charge in [-0.3, -0.25) is 9.59 Å². The van der Waals surface area contributed by atoms with Crippen molar-refractivity contribution in [2.24, 2.45) is 0 Å². The highest BCUT2D eigenvalue weighted by molar-refractivity contribution is 7.21. The Morgan fingerprint density at radius 2 is 1.56 bits per heavy atom. The molecule has 1 aromatic heterocycles. The van der Waals surface area contributed by atoms with E-state index in [9.17, 15) is 19.5 Å². The van der Waals surface area contributed by atoms with Gasteiger partial charge in [-0.1, -0.05) is 41.4 Å². The second-order valence-corrected chi connectivity index (χ2v) is 8.59. The normalized spacial score (nSPS) is 10.7. The minimum absolute atomic E-state index is 0.0395. The Labute approximate surface area is 196 Å². The van der Waals surface area contributed by atoms with Gasteiger partial charge in [-0.2, -0.15) is 0 Å². The number of carbonyl (C=O) groups is 3. The van der Waals surface area contributed by atoms with Crippen molar-refractivity contribution in [1.82, 2.24) is 0 Å². The first kappa shape index (κ1) is 21.8. The minimum Gasteiger partial charge on any atom is -0.478 e. The van der Waals surface area contributed by atoms with Gasteiger partial charge in [0, 0.05) is 26.4 Å². The predicted octanol–water partition coefficient (Wildman–Crippen LogP) is 6.41. The van der Waals surface area contributed by atoms with E-state index < -0.39 is 17.8 Å². The van der Waals surface area contributed by atoms with Gasteiger partial charge < -0.3 is 15.7 Å². The van der Waals surface area contributed by atoms with Gasteiger partial charge in [-0.25, -0.2) is 4.79 Å². The van der Waals surface area contributed by atoms with Crippen LogP contribution in [0.1, 0.15) is 30.4 Å². The number of carboxylic acids is 1. The smallest absolute Gasteiger partial charge is 0.337 e. The molecule has 3 aromatic carbocycles. The van der Waals surface area contributed by atoms with Crippen LogP contribution in [0.2, 0.25) is 10.0 Å². The Bertz CT molecular complexity index is 1370. The summed E-state index contributed by atoms with van der Waals surface area (Å²) in [7, 11) is 0. The number of benzene rings is 3. The molecule has 160 valence electrons.